The van der Waals surface area contributed by atoms with Crippen molar-refractivity contribution in [2.45, 2.75) is 48.8 Å². The Balaban J connectivity index is 1.28. The Hall–Kier alpha value is -1.55. The highest BCUT2D eigenvalue weighted by atomic mass is 35.5. The van der Waals surface area contributed by atoms with Crippen molar-refractivity contribution in [1.29, 1.82) is 0 Å². The maximum atomic E-state index is 12.7. The largest absolute Gasteiger partial charge is 0.345 e. The molecule has 0 aliphatic heterocycles. The minimum atomic E-state index is -3.32. The predicted octanol–water partition coefficient (Wildman–Crippen LogP) is 4.29. The summed E-state index contributed by atoms with van der Waals surface area (Å²) in [5.41, 5.74) is 1.09. The van der Waals surface area contributed by atoms with Gasteiger partial charge in [-0.25, -0.2) is 13.4 Å². The van der Waals surface area contributed by atoms with Gasteiger partial charge in [-0.2, -0.15) is 4.37 Å². The van der Waals surface area contributed by atoms with E-state index >= 15 is 0 Å². The van der Waals surface area contributed by atoms with E-state index in [0.29, 0.717) is 9.90 Å². The third-order valence-electron chi connectivity index (χ3n) is 6.48. The smallest absolute Gasteiger partial charge is 0.271 e. The molecule has 0 spiro atoms. The van der Waals surface area contributed by atoms with Gasteiger partial charge in [0.1, 0.15) is 15.4 Å². The van der Waals surface area contributed by atoms with E-state index < -0.39 is 14.6 Å². The molecule has 0 saturated heterocycles. The predicted molar refractivity (Wildman–Crippen MR) is 120 cm³/mol. The lowest BCUT2D eigenvalue weighted by Gasteiger charge is -2.69. The van der Waals surface area contributed by atoms with Crippen LogP contribution in [0.3, 0.4) is 0 Å². The molecule has 3 aliphatic rings. The molecule has 2 aromatic heterocycles. The average Bonchev–Trinajstić information content (AvgIpc) is 3.22. The van der Waals surface area contributed by atoms with Gasteiger partial charge in [-0.15, -0.1) is 11.3 Å². The minimum absolute atomic E-state index is 0.0506. The number of fused-ring (bicyclic) bond motifs is 1. The summed E-state index contributed by atoms with van der Waals surface area (Å²) in [6.45, 7) is 3.27. The molecule has 158 valence electrons. The molecule has 30 heavy (non-hydrogen) atoms. The van der Waals surface area contributed by atoms with Crippen LogP contribution >= 0.6 is 34.5 Å². The Labute approximate surface area is 187 Å². The van der Waals surface area contributed by atoms with Crippen molar-refractivity contribution < 1.29 is 13.2 Å². The first kappa shape index (κ1) is 20.4. The molecule has 1 aromatic carbocycles. The quantitative estimate of drug-likeness (QED) is 0.587. The van der Waals surface area contributed by atoms with Crippen LogP contribution in [0.15, 0.2) is 24.3 Å². The van der Waals surface area contributed by atoms with Gasteiger partial charge in [-0.05, 0) is 68.9 Å². The van der Waals surface area contributed by atoms with E-state index in [4.69, 9.17) is 16.6 Å². The lowest BCUT2D eigenvalue weighted by molar-refractivity contribution is -0.0808. The van der Waals surface area contributed by atoms with E-state index in [9.17, 15) is 13.2 Å². The van der Waals surface area contributed by atoms with Crippen molar-refractivity contribution in [1.82, 2.24) is 14.7 Å². The zero-order valence-corrected chi connectivity index (χ0v) is 19.9. The van der Waals surface area contributed by atoms with Crippen molar-refractivity contribution in [2.24, 2.45) is 0 Å². The van der Waals surface area contributed by atoms with Crippen molar-refractivity contribution in [3.05, 3.63) is 44.9 Å². The molecule has 0 radical (unpaired) electrons. The molecule has 6 nitrogen and oxygen atoms in total. The molecule has 6 rings (SSSR count). The van der Waals surface area contributed by atoms with Crippen LogP contribution in [0, 0.1) is 0 Å². The second kappa shape index (κ2) is 6.25. The van der Waals surface area contributed by atoms with Crippen LogP contribution in [0.25, 0.3) is 10.2 Å². The lowest BCUT2D eigenvalue weighted by atomic mass is 9.39. The van der Waals surface area contributed by atoms with Gasteiger partial charge in [0.05, 0.1) is 10.2 Å². The summed E-state index contributed by atoms with van der Waals surface area (Å²) in [5.74, 6) is -0.244. The number of hydrogen-bond donors (Lipinski definition) is 1. The summed E-state index contributed by atoms with van der Waals surface area (Å²) in [6, 6.07) is 7.33. The molecule has 3 aliphatic carbocycles. The van der Waals surface area contributed by atoms with Crippen molar-refractivity contribution in [3.8, 4) is 0 Å². The Morgan fingerprint density at radius 2 is 1.93 bits per heavy atom. The highest BCUT2D eigenvalue weighted by Gasteiger charge is 2.70. The number of amides is 1. The van der Waals surface area contributed by atoms with Gasteiger partial charge in [-0.1, -0.05) is 11.6 Å². The number of benzene rings is 1. The van der Waals surface area contributed by atoms with Gasteiger partial charge in [-0.3, -0.25) is 4.79 Å². The monoisotopic (exact) mass is 481 g/mol. The molecule has 3 aromatic rings. The number of halogens is 1. The zero-order chi connectivity index (χ0) is 21.5. The fourth-order valence-corrected chi connectivity index (χ4v) is 7.56. The van der Waals surface area contributed by atoms with Gasteiger partial charge in [0, 0.05) is 27.1 Å². The molecular formula is C20H20ClN3O3S3. The maximum absolute atomic E-state index is 12.7. The molecular weight excluding hydrogens is 462 g/mol. The van der Waals surface area contributed by atoms with Crippen LogP contribution in [0.1, 0.15) is 53.5 Å². The highest BCUT2D eigenvalue weighted by Crippen LogP contribution is 2.68. The number of carbonyl (C=O) groups is 1. The molecule has 2 heterocycles. The van der Waals surface area contributed by atoms with Gasteiger partial charge < -0.3 is 5.32 Å². The molecule has 1 N–H and O–H groups in total. The number of hydrogen-bond acceptors (Lipinski definition) is 7. The number of rotatable bonds is 5. The van der Waals surface area contributed by atoms with Crippen molar-refractivity contribution in [3.63, 3.8) is 0 Å². The topological polar surface area (TPSA) is 89.0 Å². The minimum Gasteiger partial charge on any atom is -0.345 e. The normalized spacial score (nSPS) is 25.6. The van der Waals surface area contributed by atoms with Crippen LogP contribution < -0.4 is 5.32 Å². The first-order chi connectivity index (χ1) is 13.9. The average molecular weight is 482 g/mol. The Kier molecular flexibility index (Phi) is 4.24. The number of thiazole rings is 1. The fourth-order valence-electron chi connectivity index (χ4n) is 4.43. The van der Waals surface area contributed by atoms with Crippen LogP contribution in [0.2, 0.25) is 5.02 Å². The van der Waals surface area contributed by atoms with Crippen LogP contribution in [0.5, 0.6) is 0 Å². The van der Waals surface area contributed by atoms with E-state index in [1.165, 1.54) is 6.26 Å². The van der Waals surface area contributed by atoms with E-state index in [2.05, 4.69) is 9.69 Å². The van der Waals surface area contributed by atoms with Crippen LogP contribution in [-0.2, 0) is 20.0 Å². The first-order valence-electron chi connectivity index (χ1n) is 9.49. The van der Waals surface area contributed by atoms with E-state index in [1.807, 2.05) is 18.2 Å². The summed E-state index contributed by atoms with van der Waals surface area (Å²) in [7, 11) is -3.32. The number of carbonyl (C=O) groups excluding carboxylic acids is 1. The van der Waals surface area contributed by atoms with Crippen molar-refractivity contribution >= 4 is 60.4 Å². The summed E-state index contributed by atoms with van der Waals surface area (Å²) in [5, 5.41) is 4.95. The van der Waals surface area contributed by atoms with E-state index in [0.717, 1.165) is 46.0 Å². The Morgan fingerprint density at radius 3 is 2.60 bits per heavy atom. The van der Waals surface area contributed by atoms with E-state index in [-0.39, 0.29) is 22.6 Å². The van der Waals surface area contributed by atoms with Crippen molar-refractivity contribution in [2.75, 3.05) is 6.26 Å². The summed E-state index contributed by atoms with van der Waals surface area (Å²) in [4.78, 5) is 18.1. The Morgan fingerprint density at radius 1 is 1.23 bits per heavy atom. The number of aromatic nitrogens is 2. The molecule has 10 heteroatoms. The molecule has 1 amide bonds. The van der Waals surface area contributed by atoms with Gasteiger partial charge in [0.15, 0.2) is 9.84 Å². The SMILES string of the molecule is CC(C)(c1cc(C(=O)NC23CC(c4nc5ccc(Cl)cc5s4)(C2)C3)ns1)S(C)(=O)=O. The highest BCUT2D eigenvalue weighted by molar-refractivity contribution is 7.91. The van der Waals surface area contributed by atoms with E-state index in [1.54, 1.807) is 31.3 Å². The third-order valence-corrected chi connectivity index (χ3v) is 11.3. The number of nitrogens with zero attached hydrogens (tertiary/aromatic N) is 2. The molecule has 0 atom stereocenters. The maximum Gasteiger partial charge on any atom is 0.271 e. The Bertz CT molecular complexity index is 1290. The second-order valence-corrected chi connectivity index (χ2v) is 13.9. The third kappa shape index (κ3) is 2.93. The zero-order valence-electron chi connectivity index (χ0n) is 16.7. The summed E-state index contributed by atoms with van der Waals surface area (Å²) < 4.78 is 28.3. The molecule has 2 bridgehead atoms. The van der Waals surface area contributed by atoms with Gasteiger partial charge in [0.2, 0.25) is 0 Å². The summed E-state index contributed by atoms with van der Waals surface area (Å²) in [6.07, 6.45) is 3.80. The number of nitrogens with one attached hydrogen (secondary N) is 1. The summed E-state index contributed by atoms with van der Waals surface area (Å²) >= 11 is 8.83. The van der Waals surface area contributed by atoms with Crippen LogP contribution in [-0.4, -0.2) is 35.5 Å². The number of sulfone groups is 1. The standard InChI is InChI=1S/C20H20ClN3O3S3/c1-18(2,30(3,26)27)15-7-13(24-29-15)16(25)23-20-8-19(9-20,10-20)17-22-12-5-4-11(21)6-14(12)28-17/h4-7H,8-10H2,1-3H3,(H,23,25). The van der Waals surface area contributed by atoms with Gasteiger partial charge in [0.25, 0.3) is 5.91 Å². The van der Waals surface area contributed by atoms with Gasteiger partial charge >= 0.3 is 0 Å². The molecule has 3 saturated carbocycles. The molecule has 3 fully saturated rings. The fraction of sp³-hybridized carbons (Fsp3) is 0.450. The van der Waals surface area contributed by atoms with Crippen LogP contribution in [0.4, 0.5) is 0 Å². The second-order valence-electron chi connectivity index (χ2n) is 9.04. The molecule has 0 unspecified atom stereocenters. The lowest BCUT2D eigenvalue weighted by Crippen LogP contribution is -2.76. The first-order valence-corrected chi connectivity index (χ1v) is 13.4.